The van der Waals surface area contributed by atoms with E-state index >= 15 is 0 Å². The molecule has 0 saturated carbocycles. The second kappa shape index (κ2) is 8.41. The lowest BCUT2D eigenvalue weighted by atomic mass is 9.99. The monoisotopic (exact) mass is 423 g/mol. The van der Waals surface area contributed by atoms with E-state index in [0.717, 1.165) is 34.9 Å². The molecule has 1 amide bonds. The molecule has 8 nitrogen and oxygen atoms in total. The summed E-state index contributed by atoms with van der Waals surface area (Å²) in [6, 6.07) is 2.79. The van der Waals surface area contributed by atoms with Crippen LogP contribution in [0.3, 0.4) is 0 Å². The van der Waals surface area contributed by atoms with Crippen molar-refractivity contribution in [1.29, 1.82) is 0 Å². The topological polar surface area (TPSA) is 88.8 Å². The maximum atomic E-state index is 13.0. The van der Waals surface area contributed by atoms with Crippen molar-refractivity contribution in [1.82, 2.24) is 24.7 Å². The van der Waals surface area contributed by atoms with E-state index < -0.39 is 5.95 Å². The third-order valence-corrected chi connectivity index (χ3v) is 5.47. The van der Waals surface area contributed by atoms with Gasteiger partial charge >= 0.3 is 0 Å². The van der Waals surface area contributed by atoms with Gasteiger partial charge in [0.25, 0.3) is 0 Å². The van der Waals surface area contributed by atoms with Crippen LogP contribution >= 0.6 is 0 Å². The van der Waals surface area contributed by atoms with Crippen molar-refractivity contribution in [3.05, 3.63) is 59.3 Å². The van der Waals surface area contributed by atoms with Gasteiger partial charge < -0.3 is 10.2 Å². The maximum Gasteiger partial charge on any atom is 0.247 e. The van der Waals surface area contributed by atoms with Crippen molar-refractivity contribution in [2.75, 3.05) is 17.3 Å². The number of rotatable bonds is 6. The molecule has 3 aromatic heterocycles. The van der Waals surface area contributed by atoms with Crippen molar-refractivity contribution in [3.8, 4) is 0 Å². The summed E-state index contributed by atoms with van der Waals surface area (Å²) in [5.41, 5.74) is 3.40. The third kappa shape index (κ3) is 4.40. The van der Waals surface area contributed by atoms with Crippen molar-refractivity contribution in [2.45, 2.75) is 46.2 Å². The Kier molecular flexibility index (Phi) is 5.67. The van der Waals surface area contributed by atoms with Gasteiger partial charge in [-0.2, -0.15) is 9.49 Å². The lowest BCUT2D eigenvalue weighted by Gasteiger charge is -2.36. The van der Waals surface area contributed by atoms with Gasteiger partial charge in [-0.25, -0.2) is 15.0 Å². The van der Waals surface area contributed by atoms with E-state index in [2.05, 4.69) is 20.4 Å². The second-order valence-electron chi connectivity index (χ2n) is 8.25. The highest BCUT2D eigenvalue weighted by Gasteiger charge is 2.35. The van der Waals surface area contributed by atoms with Crippen molar-refractivity contribution in [3.63, 3.8) is 0 Å². The zero-order valence-corrected chi connectivity index (χ0v) is 18.1. The minimum Gasteiger partial charge on any atom is -0.346 e. The lowest BCUT2D eigenvalue weighted by Crippen LogP contribution is -2.49. The van der Waals surface area contributed by atoms with Gasteiger partial charge in [0, 0.05) is 25.9 Å². The number of aryl methyl sites for hydroxylation is 3. The number of aromatic nitrogens is 5. The molecule has 9 heteroatoms. The first-order valence-electron chi connectivity index (χ1n) is 10.3. The lowest BCUT2D eigenvalue weighted by molar-refractivity contribution is -0.118. The summed E-state index contributed by atoms with van der Waals surface area (Å²) in [4.78, 5) is 27.4. The molecule has 1 aliphatic rings. The smallest absolute Gasteiger partial charge is 0.247 e. The van der Waals surface area contributed by atoms with Crippen LogP contribution in [-0.2, 0) is 24.2 Å². The van der Waals surface area contributed by atoms with Crippen molar-refractivity contribution >= 4 is 17.4 Å². The van der Waals surface area contributed by atoms with Crippen LogP contribution in [0.2, 0.25) is 0 Å². The zero-order chi connectivity index (χ0) is 22.1. The van der Waals surface area contributed by atoms with Crippen LogP contribution in [-0.4, -0.2) is 43.7 Å². The fourth-order valence-electron chi connectivity index (χ4n) is 3.95. The Bertz CT molecular complexity index is 1090. The summed E-state index contributed by atoms with van der Waals surface area (Å²) in [6.45, 7) is 6.48. The molecule has 0 aliphatic carbocycles. The van der Waals surface area contributed by atoms with E-state index in [-0.39, 0.29) is 17.9 Å². The summed E-state index contributed by atoms with van der Waals surface area (Å²) in [6.07, 6.45) is 6.70. The number of pyridine rings is 1. The van der Waals surface area contributed by atoms with Gasteiger partial charge in [0.2, 0.25) is 11.9 Å². The summed E-state index contributed by atoms with van der Waals surface area (Å²) < 4.78 is 14.8. The average Bonchev–Trinajstić information content (AvgIpc) is 3.16. The van der Waals surface area contributed by atoms with E-state index in [1.807, 2.05) is 45.1 Å². The van der Waals surface area contributed by atoms with Crippen LogP contribution in [0.1, 0.15) is 36.5 Å². The number of nitrogens with one attached hydrogen (secondary N) is 1. The summed E-state index contributed by atoms with van der Waals surface area (Å²) >= 11 is 0. The molecule has 31 heavy (non-hydrogen) atoms. The number of carbonyl (C=O) groups is 1. The minimum absolute atomic E-state index is 0.0202. The first kappa shape index (κ1) is 20.9. The van der Waals surface area contributed by atoms with Crippen LogP contribution in [0, 0.1) is 18.8 Å². The van der Waals surface area contributed by atoms with Gasteiger partial charge in [-0.05, 0) is 36.5 Å². The van der Waals surface area contributed by atoms with Crippen LogP contribution in [0.25, 0.3) is 0 Å². The molecule has 0 aromatic carbocycles. The normalized spacial score (nSPS) is 15.9. The van der Waals surface area contributed by atoms with Crippen LogP contribution in [0.15, 0.2) is 30.7 Å². The third-order valence-electron chi connectivity index (χ3n) is 5.47. The van der Waals surface area contributed by atoms with E-state index in [9.17, 15) is 9.18 Å². The molecule has 0 spiro atoms. The Labute approximate surface area is 180 Å². The van der Waals surface area contributed by atoms with Gasteiger partial charge in [-0.1, -0.05) is 19.9 Å². The fraction of sp³-hybridized carbons (Fsp3) is 0.409. The number of anilines is 2. The SMILES string of the molecule is Cc1nc(CCc2cnn(Cc3ccc(F)nc3)c2)nc2c1NC(=O)[C@H](C(C)C)N2C. The molecular weight excluding hydrogens is 397 g/mol. The number of carbonyl (C=O) groups excluding carboxylic acids is 1. The van der Waals surface area contributed by atoms with E-state index in [1.165, 1.54) is 12.3 Å². The summed E-state index contributed by atoms with van der Waals surface area (Å²) in [5, 5.41) is 7.36. The van der Waals surface area contributed by atoms with Crippen LogP contribution < -0.4 is 10.2 Å². The van der Waals surface area contributed by atoms with Crippen LogP contribution in [0.5, 0.6) is 0 Å². The number of likely N-dealkylation sites (N-methyl/N-ethyl adjacent to an activating group) is 1. The average molecular weight is 423 g/mol. The van der Waals surface area contributed by atoms with Crippen LogP contribution in [0.4, 0.5) is 15.9 Å². The Morgan fingerprint density at radius 1 is 1.16 bits per heavy atom. The summed E-state index contributed by atoms with van der Waals surface area (Å²) in [5.74, 6) is 1.15. The number of nitrogens with zero attached hydrogens (tertiary/aromatic N) is 6. The molecule has 0 unspecified atom stereocenters. The number of amides is 1. The van der Waals surface area contributed by atoms with Gasteiger partial charge in [0.15, 0.2) is 5.82 Å². The van der Waals surface area contributed by atoms with E-state index in [4.69, 9.17) is 4.98 Å². The molecule has 0 bridgehead atoms. The van der Waals surface area contributed by atoms with E-state index in [0.29, 0.717) is 18.7 Å². The highest BCUT2D eigenvalue weighted by Crippen LogP contribution is 2.33. The quantitative estimate of drug-likeness (QED) is 0.614. The number of halogens is 1. The first-order valence-corrected chi connectivity index (χ1v) is 10.3. The fourth-order valence-corrected chi connectivity index (χ4v) is 3.95. The highest BCUT2D eigenvalue weighted by molar-refractivity contribution is 6.03. The minimum atomic E-state index is -0.491. The molecule has 0 fully saturated rings. The Morgan fingerprint density at radius 3 is 2.68 bits per heavy atom. The predicted octanol–water partition coefficient (Wildman–Crippen LogP) is 2.76. The van der Waals surface area contributed by atoms with E-state index in [1.54, 1.807) is 10.7 Å². The number of hydrogen-bond acceptors (Lipinski definition) is 6. The zero-order valence-electron chi connectivity index (χ0n) is 18.1. The molecule has 3 aromatic rings. The predicted molar refractivity (Wildman–Crippen MR) is 115 cm³/mol. The number of hydrogen-bond donors (Lipinski definition) is 1. The summed E-state index contributed by atoms with van der Waals surface area (Å²) in [7, 11) is 1.91. The molecule has 1 aliphatic heterocycles. The van der Waals surface area contributed by atoms with Crippen molar-refractivity contribution in [2.24, 2.45) is 5.92 Å². The van der Waals surface area contributed by atoms with Crippen molar-refractivity contribution < 1.29 is 9.18 Å². The standard InChI is InChI=1S/C22H26FN7O/c1-13(2)20-22(31)28-19-14(3)26-18(27-21(19)29(20)4)8-6-16-10-25-30(12-16)11-15-5-7-17(23)24-9-15/h5,7,9-10,12-13,20H,6,8,11H2,1-4H3,(H,28,31)/t20-/m0/s1. The Morgan fingerprint density at radius 2 is 1.97 bits per heavy atom. The van der Waals surface area contributed by atoms with Gasteiger partial charge in [0.05, 0.1) is 18.4 Å². The number of fused-ring (bicyclic) bond motifs is 1. The molecule has 162 valence electrons. The molecule has 0 radical (unpaired) electrons. The highest BCUT2D eigenvalue weighted by atomic mass is 19.1. The largest absolute Gasteiger partial charge is 0.346 e. The van der Waals surface area contributed by atoms with Gasteiger partial charge in [-0.15, -0.1) is 0 Å². The molecule has 4 rings (SSSR count). The molecule has 1 N–H and O–H groups in total. The molecule has 0 saturated heterocycles. The first-order chi connectivity index (χ1) is 14.8. The van der Waals surface area contributed by atoms with Gasteiger partial charge in [-0.3, -0.25) is 9.48 Å². The molecule has 4 heterocycles. The second-order valence-corrected chi connectivity index (χ2v) is 8.25. The molecular formula is C22H26FN7O. The van der Waals surface area contributed by atoms with Gasteiger partial charge in [0.1, 0.15) is 17.6 Å². The maximum absolute atomic E-state index is 13.0. The molecule has 1 atom stereocenters. The Hall–Kier alpha value is -3.36. The Balaban J connectivity index is 1.46.